The maximum atomic E-state index is 5.74. The third-order valence-electron chi connectivity index (χ3n) is 1.89. The first-order valence-corrected chi connectivity index (χ1v) is 4.12. The molecule has 1 aromatic rings. The number of aryl methyl sites for hydroxylation is 1. The molecule has 4 heteroatoms. The highest BCUT2D eigenvalue weighted by Crippen LogP contribution is 2.22. The molecule has 0 unspecified atom stereocenters. The summed E-state index contributed by atoms with van der Waals surface area (Å²) in [4.78, 5) is 4.00. The quantitative estimate of drug-likeness (QED) is 0.658. The summed E-state index contributed by atoms with van der Waals surface area (Å²) in [5.74, 6) is 0. The average Bonchev–Trinajstić information content (AvgIpc) is 2.04. The van der Waals surface area contributed by atoms with Gasteiger partial charge in [-0.25, -0.2) is 4.98 Å². The SMILES string of the molecule is Cl.Clc1cc2c(cn1)NCCC2. The second-order valence-corrected chi connectivity index (χ2v) is 3.08. The van der Waals surface area contributed by atoms with Gasteiger partial charge in [0.05, 0.1) is 11.9 Å². The zero-order chi connectivity index (χ0) is 7.68. The number of hydrogen-bond acceptors (Lipinski definition) is 2. The van der Waals surface area contributed by atoms with Crippen LogP contribution in [0, 0.1) is 0 Å². The number of nitrogens with zero attached hydrogens (tertiary/aromatic N) is 1. The maximum Gasteiger partial charge on any atom is 0.129 e. The van der Waals surface area contributed by atoms with Crippen molar-refractivity contribution in [1.82, 2.24) is 4.98 Å². The molecule has 0 spiro atoms. The van der Waals surface area contributed by atoms with Gasteiger partial charge in [-0.3, -0.25) is 0 Å². The highest BCUT2D eigenvalue weighted by atomic mass is 35.5. The molecule has 2 heterocycles. The van der Waals surface area contributed by atoms with Crippen molar-refractivity contribution < 1.29 is 0 Å². The predicted molar refractivity (Wildman–Crippen MR) is 53.3 cm³/mol. The minimum absolute atomic E-state index is 0. The van der Waals surface area contributed by atoms with Crippen LogP contribution in [0.5, 0.6) is 0 Å². The van der Waals surface area contributed by atoms with E-state index in [1.54, 1.807) is 6.20 Å². The smallest absolute Gasteiger partial charge is 0.129 e. The van der Waals surface area contributed by atoms with Gasteiger partial charge in [-0.1, -0.05) is 11.6 Å². The van der Waals surface area contributed by atoms with Gasteiger partial charge in [0.2, 0.25) is 0 Å². The summed E-state index contributed by atoms with van der Waals surface area (Å²) in [7, 11) is 0. The number of hydrogen-bond donors (Lipinski definition) is 1. The molecule has 1 aliphatic rings. The van der Waals surface area contributed by atoms with E-state index < -0.39 is 0 Å². The number of halogens is 2. The normalized spacial score (nSPS) is 14.1. The van der Waals surface area contributed by atoms with Crippen molar-refractivity contribution in [3.8, 4) is 0 Å². The molecule has 1 aromatic heterocycles. The van der Waals surface area contributed by atoms with Crippen LogP contribution >= 0.6 is 24.0 Å². The zero-order valence-corrected chi connectivity index (χ0v) is 8.08. The molecule has 0 saturated carbocycles. The summed E-state index contributed by atoms with van der Waals surface area (Å²) in [6, 6.07) is 1.93. The van der Waals surface area contributed by atoms with Crippen molar-refractivity contribution >= 4 is 29.7 Å². The van der Waals surface area contributed by atoms with E-state index >= 15 is 0 Å². The fraction of sp³-hybridized carbons (Fsp3) is 0.375. The van der Waals surface area contributed by atoms with E-state index in [1.807, 2.05) is 6.07 Å². The highest BCUT2D eigenvalue weighted by molar-refractivity contribution is 6.29. The van der Waals surface area contributed by atoms with Crippen LogP contribution in [-0.2, 0) is 6.42 Å². The van der Waals surface area contributed by atoms with E-state index in [-0.39, 0.29) is 12.4 Å². The maximum absolute atomic E-state index is 5.74. The lowest BCUT2D eigenvalue weighted by atomic mass is 10.1. The lowest BCUT2D eigenvalue weighted by Crippen LogP contribution is -2.11. The van der Waals surface area contributed by atoms with Crippen molar-refractivity contribution in [2.45, 2.75) is 12.8 Å². The Hall–Kier alpha value is -0.470. The highest BCUT2D eigenvalue weighted by Gasteiger charge is 2.08. The molecular formula is C8H10Cl2N2. The standard InChI is InChI=1S/C8H9ClN2.ClH/c9-8-4-6-2-1-3-10-7(6)5-11-8;/h4-5,10H,1-3H2;1H. The zero-order valence-electron chi connectivity index (χ0n) is 6.51. The van der Waals surface area contributed by atoms with Crippen molar-refractivity contribution in [1.29, 1.82) is 0 Å². The Morgan fingerprint density at radius 2 is 2.33 bits per heavy atom. The first-order chi connectivity index (χ1) is 5.36. The number of pyridine rings is 1. The summed E-state index contributed by atoms with van der Waals surface area (Å²) in [6.45, 7) is 1.05. The first-order valence-electron chi connectivity index (χ1n) is 3.74. The van der Waals surface area contributed by atoms with E-state index in [1.165, 1.54) is 12.0 Å². The summed E-state index contributed by atoms with van der Waals surface area (Å²) in [6.07, 6.45) is 4.11. The molecule has 0 bridgehead atoms. The third-order valence-corrected chi connectivity index (χ3v) is 2.10. The molecule has 0 aliphatic carbocycles. The van der Waals surface area contributed by atoms with Gasteiger partial charge in [-0.05, 0) is 24.5 Å². The van der Waals surface area contributed by atoms with Gasteiger partial charge in [0, 0.05) is 6.54 Å². The molecular weight excluding hydrogens is 195 g/mol. The van der Waals surface area contributed by atoms with Crippen molar-refractivity contribution in [3.05, 3.63) is 23.0 Å². The largest absolute Gasteiger partial charge is 0.384 e. The Labute approximate surface area is 82.7 Å². The fourth-order valence-electron chi connectivity index (χ4n) is 1.34. The van der Waals surface area contributed by atoms with Gasteiger partial charge in [0.15, 0.2) is 0 Å². The van der Waals surface area contributed by atoms with Crippen LogP contribution in [-0.4, -0.2) is 11.5 Å². The average molecular weight is 205 g/mol. The van der Waals surface area contributed by atoms with E-state index in [0.29, 0.717) is 5.15 Å². The molecule has 0 aromatic carbocycles. The molecule has 0 amide bonds. The second-order valence-electron chi connectivity index (χ2n) is 2.69. The number of fused-ring (bicyclic) bond motifs is 1. The summed E-state index contributed by atoms with van der Waals surface area (Å²) >= 11 is 5.74. The monoisotopic (exact) mass is 204 g/mol. The molecule has 1 N–H and O–H groups in total. The molecule has 12 heavy (non-hydrogen) atoms. The van der Waals surface area contributed by atoms with Crippen LogP contribution in [0.2, 0.25) is 5.15 Å². The Balaban J connectivity index is 0.000000720. The summed E-state index contributed by atoms with van der Waals surface area (Å²) in [5.41, 5.74) is 2.43. The van der Waals surface area contributed by atoms with Crippen LogP contribution in [0.3, 0.4) is 0 Å². The van der Waals surface area contributed by atoms with Gasteiger partial charge >= 0.3 is 0 Å². The number of aromatic nitrogens is 1. The van der Waals surface area contributed by atoms with Gasteiger partial charge in [0.25, 0.3) is 0 Å². The Bertz CT molecular complexity index is 276. The minimum Gasteiger partial charge on any atom is -0.384 e. The Morgan fingerprint density at radius 3 is 3.17 bits per heavy atom. The van der Waals surface area contributed by atoms with Crippen molar-refractivity contribution in [2.24, 2.45) is 0 Å². The van der Waals surface area contributed by atoms with E-state index in [2.05, 4.69) is 10.3 Å². The molecule has 0 fully saturated rings. The minimum atomic E-state index is 0. The molecule has 0 atom stereocenters. The van der Waals surface area contributed by atoms with Crippen LogP contribution < -0.4 is 5.32 Å². The Kier molecular flexibility index (Phi) is 3.18. The van der Waals surface area contributed by atoms with Gasteiger partial charge in [-0.2, -0.15) is 0 Å². The fourth-order valence-corrected chi connectivity index (χ4v) is 1.52. The van der Waals surface area contributed by atoms with E-state index in [4.69, 9.17) is 11.6 Å². The van der Waals surface area contributed by atoms with Gasteiger partial charge < -0.3 is 5.32 Å². The van der Waals surface area contributed by atoms with Gasteiger partial charge in [0.1, 0.15) is 5.15 Å². The molecule has 2 rings (SSSR count). The van der Waals surface area contributed by atoms with Gasteiger partial charge in [-0.15, -0.1) is 12.4 Å². The molecule has 0 radical (unpaired) electrons. The predicted octanol–water partition coefficient (Wildman–Crippen LogP) is 2.51. The van der Waals surface area contributed by atoms with Crippen molar-refractivity contribution in [3.63, 3.8) is 0 Å². The van der Waals surface area contributed by atoms with Crippen LogP contribution in [0.25, 0.3) is 0 Å². The number of nitrogens with one attached hydrogen (secondary N) is 1. The summed E-state index contributed by atoms with van der Waals surface area (Å²) in [5, 5.41) is 3.86. The Morgan fingerprint density at radius 1 is 1.50 bits per heavy atom. The lowest BCUT2D eigenvalue weighted by molar-refractivity contribution is 0.826. The topological polar surface area (TPSA) is 24.9 Å². The lowest BCUT2D eigenvalue weighted by Gasteiger charge is -2.16. The van der Waals surface area contributed by atoms with E-state index in [9.17, 15) is 0 Å². The van der Waals surface area contributed by atoms with Crippen molar-refractivity contribution in [2.75, 3.05) is 11.9 Å². The second kappa shape index (κ2) is 3.97. The first kappa shape index (κ1) is 9.62. The number of rotatable bonds is 0. The third kappa shape index (κ3) is 1.82. The number of anilines is 1. The van der Waals surface area contributed by atoms with E-state index in [0.717, 1.165) is 18.7 Å². The van der Waals surface area contributed by atoms with Crippen LogP contribution in [0.1, 0.15) is 12.0 Å². The van der Waals surface area contributed by atoms with Crippen LogP contribution in [0.4, 0.5) is 5.69 Å². The molecule has 0 saturated heterocycles. The molecule has 66 valence electrons. The van der Waals surface area contributed by atoms with Crippen LogP contribution in [0.15, 0.2) is 12.3 Å². The molecule has 1 aliphatic heterocycles. The molecule has 2 nitrogen and oxygen atoms in total. The summed E-state index contributed by atoms with van der Waals surface area (Å²) < 4.78 is 0.